The standard InChI is InChI=1S/C26H24P2.C12H17NO5.C5H5.F6P.Ru/c1-5-13-23(14-6-1)27(24-15-7-2-8-16-24)21-22-28(25-17-9-3-10-18-25)26-19-11-4-12-20-26;1-11(2)15-7-6(5-13)14-10-9(8(7)16-11)17-12(3,4)18-10;1-2-4-5-3-1;1-7(2,3,4,5)6;/h1-20H,21-22H2;6-10H,1-4H3;1-5H;;/q;;;-1;+2/t;6-,7-,8-,9+,10+;;;/m.1.../s1. The summed E-state index contributed by atoms with van der Waals surface area (Å²) in [5.74, 6) is -1.47. The summed E-state index contributed by atoms with van der Waals surface area (Å²) in [5, 5.41) is 15.0. The van der Waals surface area contributed by atoms with Gasteiger partial charge in [0.05, 0.1) is 6.07 Å². The summed E-state index contributed by atoms with van der Waals surface area (Å²) < 4.78 is 87.8. The summed E-state index contributed by atoms with van der Waals surface area (Å²) >= 11 is 0. The van der Waals surface area contributed by atoms with Crippen LogP contribution in [0, 0.1) is 43.4 Å². The molecular formula is C43H46F6NO5P3Ru+. The van der Waals surface area contributed by atoms with Crippen LogP contribution in [-0.2, 0) is 43.2 Å². The molecule has 4 aromatic carbocycles. The van der Waals surface area contributed by atoms with Gasteiger partial charge in [-0.05, 0) is 109 Å². The molecule has 4 aromatic rings. The molecule has 3 heterocycles. The van der Waals surface area contributed by atoms with Gasteiger partial charge in [-0.1, -0.05) is 121 Å². The zero-order chi connectivity index (χ0) is 42.1. The molecule has 5 atom stereocenters. The molecular weight excluding hydrogens is 918 g/mol. The maximum Gasteiger partial charge on any atom is 2.00 e. The third-order valence-electron chi connectivity index (χ3n) is 8.66. The summed E-state index contributed by atoms with van der Waals surface area (Å²) in [6.07, 6.45) is 9.99. The van der Waals surface area contributed by atoms with Crippen LogP contribution in [0.1, 0.15) is 27.7 Å². The molecule has 0 aromatic heterocycles. The second-order valence-electron chi connectivity index (χ2n) is 14.3. The minimum atomic E-state index is -10.7. The Morgan fingerprint density at radius 3 is 1.12 bits per heavy atom. The molecule has 4 fully saturated rings. The van der Waals surface area contributed by atoms with E-state index in [-0.39, 0.29) is 47.5 Å². The maximum absolute atomic E-state index is 10.7. The summed E-state index contributed by atoms with van der Waals surface area (Å²) in [6.45, 7) is 7.25. The largest absolute Gasteiger partial charge is 2.00 e. The Labute approximate surface area is 358 Å². The zero-order valence-electron chi connectivity index (χ0n) is 32.7. The second-order valence-corrected chi connectivity index (χ2v) is 20.9. The first kappa shape index (κ1) is 49.3. The normalized spacial score (nSPS) is 24.8. The van der Waals surface area contributed by atoms with Crippen molar-refractivity contribution in [1.29, 1.82) is 5.26 Å². The first-order valence-electron chi connectivity index (χ1n) is 18.4. The van der Waals surface area contributed by atoms with Gasteiger partial charge in [0.15, 0.2) is 24.0 Å². The molecule has 0 spiro atoms. The van der Waals surface area contributed by atoms with Crippen molar-refractivity contribution in [1.82, 2.24) is 0 Å². The van der Waals surface area contributed by atoms with Gasteiger partial charge in [-0.3, -0.25) is 0 Å². The number of hydrogen-bond acceptors (Lipinski definition) is 6. The Hall–Kier alpha value is -2.34. The van der Waals surface area contributed by atoms with E-state index in [4.69, 9.17) is 28.9 Å². The third-order valence-corrected chi connectivity index (χ3v) is 14.0. The van der Waals surface area contributed by atoms with Gasteiger partial charge in [0.25, 0.3) is 0 Å². The molecule has 0 bridgehead atoms. The zero-order valence-corrected chi connectivity index (χ0v) is 37.1. The van der Waals surface area contributed by atoms with E-state index in [0.29, 0.717) is 0 Å². The van der Waals surface area contributed by atoms with Gasteiger partial charge in [0, 0.05) is 0 Å². The first-order valence-corrected chi connectivity index (χ1v) is 23.5. The molecule has 317 valence electrons. The smallest absolute Gasteiger partial charge is 0.0622 e. The Balaban J connectivity index is 0.000000210. The van der Waals surface area contributed by atoms with Crippen molar-refractivity contribution in [2.75, 3.05) is 12.3 Å². The van der Waals surface area contributed by atoms with Gasteiger partial charge < -0.3 is 23.7 Å². The number of nitrogens with zero attached hydrogens (tertiary/aromatic N) is 1. The molecule has 5 radical (unpaired) electrons. The monoisotopic (exact) mass is 965 g/mol. The fraction of sp³-hybridized carbons (Fsp3) is 0.302. The molecule has 6 nitrogen and oxygen atoms in total. The van der Waals surface area contributed by atoms with E-state index >= 15 is 0 Å². The van der Waals surface area contributed by atoms with Gasteiger partial charge >= 0.3 is 52.5 Å². The summed E-state index contributed by atoms with van der Waals surface area (Å²) in [7, 11) is -11.4. The van der Waals surface area contributed by atoms with Crippen LogP contribution in [0.4, 0.5) is 25.2 Å². The molecule has 1 aliphatic carbocycles. The van der Waals surface area contributed by atoms with Crippen LogP contribution in [0.3, 0.4) is 0 Å². The van der Waals surface area contributed by atoms with Crippen molar-refractivity contribution in [3.63, 3.8) is 0 Å². The predicted molar refractivity (Wildman–Crippen MR) is 221 cm³/mol. The average Bonchev–Trinajstić information content (AvgIpc) is 3.93. The number of nitriles is 1. The van der Waals surface area contributed by atoms with Crippen molar-refractivity contribution in [3.05, 3.63) is 153 Å². The number of fused-ring (bicyclic) bond motifs is 3. The fourth-order valence-corrected chi connectivity index (χ4v) is 11.8. The fourth-order valence-electron chi connectivity index (χ4n) is 6.48. The van der Waals surface area contributed by atoms with Crippen LogP contribution >= 0.6 is 23.7 Å². The van der Waals surface area contributed by atoms with Gasteiger partial charge in [-0.2, -0.15) is 5.26 Å². The molecule has 3 aliphatic heterocycles. The predicted octanol–water partition coefficient (Wildman–Crippen LogP) is 10.6. The van der Waals surface area contributed by atoms with Crippen molar-refractivity contribution < 1.29 is 68.3 Å². The number of hydrogen-bond donors (Lipinski definition) is 0. The van der Waals surface area contributed by atoms with E-state index in [1.807, 2.05) is 59.8 Å². The van der Waals surface area contributed by atoms with E-state index in [0.717, 1.165) is 0 Å². The van der Waals surface area contributed by atoms with Crippen molar-refractivity contribution in [2.45, 2.75) is 70.0 Å². The molecule has 3 saturated heterocycles. The molecule has 0 N–H and O–H groups in total. The molecule has 0 amide bonds. The molecule has 4 aliphatic rings. The summed E-state index contributed by atoms with van der Waals surface area (Å²) in [5.41, 5.74) is 0. The van der Waals surface area contributed by atoms with Crippen molar-refractivity contribution in [2.24, 2.45) is 0 Å². The van der Waals surface area contributed by atoms with Crippen LogP contribution in [0.5, 0.6) is 0 Å². The summed E-state index contributed by atoms with van der Waals surface area (Å²) in [4.78, 5) is 0. The number of rotatable bonds is 7. The minimum absolute atomic E-state index is 0. The van der Waals surface area contributed by atoms with Crippen molar-refractivity contribution in [3.8, 4) is 6.07 Å². The Morgan fingerprint density at radius 1 is 0.508 bits per heavy atom. The quantitative estimate of drug-likeness (QED) is 0.104. The SMILES string of the molecule is CC1(C)O[C@@H]2O[C@H](C#N)[C@H]3OC(C)(C)O[C@H]3[C@@H]2O1.F[P-](F)(F)(F)(F)F.[CH]1[CH][CH][CH][CH]1.[Ru+2].c1ccc(P(CCP(c2ccccc2)c2ccccc2)c2ccccc2)cc1. The maximum atomic E-state index is 9.87. The van der Waals surface area contributed by atoms with Crippen LogP contribution in [0.15, 0.2) is 121 Å². The van der Waals surface area contributed by atoms with Gasteiger partial charge in [0.2, 0.25) is 0 Å². The van der Waals surface area contributed by atoms with Gasteiger partial charge in [0.1, 0.15) is 18.3 Å². The number of benzene rings is 4. The topological polar surface area (TPSA) is 69.9 Å². The van der Waals surface area contributed by atoms with E-state index in [9.17, 15) is 25.2 Å². The Bertz CT molecular complexity index is 1730. The summed E-state index contributed by atoms with van der Waals surface area (Å²) in [6, 6.07) is 46.3. The Kier molecular flexibility index (Phi) is 16.9. The van der Waals surface area contributed by atoms with E-state index in [2.05, 4.69) is 127 Å². The van der Waals surface area contributed by atoms with E-state index in [1.54, 1.807) is 0 Å². The van der Waals surface area contributed by atoms with Crippen LogP contribution in [-0.4, -0.2) is 54.6 Å². The van der Waals surface area contributed by atoms with Gasteiger partial charge in [-0.15, -0.1) is 0 Å². The first-order chi connectivity index (χ1) is 27.2. The minimum Gasteiger partial charge on any atom is -0.0622 e. The molecule has 1 saturated carbocycles. The van der Waals surface area contributed by atoms with E-state index in [1.165, 1.54) is 33.5 Å². The third kappa shape index (κ3) is 16.8. The number of ether oxygens (including phenoxy) is 5. The van der Waals surface area contributed by atoms with Crippen molar-refractivity contribution >= 4 is 44.9 Å². The molecule has 16 heteroatoms. The second kappa shape index (κ2) is 20.2. The van der Waals surface area contributed by atoms with E-state index < -0.39 is 37.9 Å². The van der Waals surface area contributed by atoms with Crippen LogP contribution < -0.4 is 21.2 Å². The van der Waals surface area contributed by atoms with Crippen LogP contribution in [0.25, 0.3) is 0 Å². The molecule has 8 rings (SSSR count). The average molecular weight is 965 g/mol. The number of halogens is 6. The Morgan fingerprint density at radius 2 is 0.797 bits per heavy atom. The molecule has 59 heavy (non-hydrogen) atoms. The van der Waals surface area contributed by atoms with Crippen LogP contribution in [0.2, 0.25) is 0 Å². The molecule has 0 unspecified atom stereocenters. The van der Waals surface area contributed by atoms with Gasteiger partial charge in [-0.25, -0.2) is 0 Å².